The summed E-state index contributed by atoms with van der Waals surface area (Å²) in [5.74, 6) is -0.0279. The Morgan fingerprint density at radius 1 is 1.07 bits per heavy atom. The van der Waals surface area contributed by atoms with Gasteiger partial charge in [-0.05, 0) is 47.9 Å². The standard InChI is InChI=1S/C22H18F3NO3/c1-2-28-21(27)5-3-4-20(16-6-10-18(11-7-16)22(23,24)25)17-8-12-19(13-9-17)29-15-14-26/h3-13H,2,15H2,1H3. The largest absolute Gasteiger partial charge is 0.479 e. The number of nitrogens with zero attached hydrogens (tertiary/aromatic N) is 1. The summed E-state index contributed by atoms with van der Waals surface area (Å²) in [6.45, 7) is 1.83. The first-order chi connectivity index (χ1) is 13.8. The van der Waals surface area contributed by atoms with Gasteiger partial charge in [0.15, 0.2) is 6.61 Å². The van der Waals surface area contributed by atoms with Gasteiger partial charge in [-0.3, -0.25) is 0 Å². The molecule has 4 nitrogen and oxygen atoms in total. The molecule has 2 aromatic carbocycles. The van der Waals surface area contributed by atoms with E-state index in [9.17, 15) is 18.0 Å². The molecular formula is C22H18F3NO3. The highest BCUT2D eigenvalue weighted by Gasteiger charge is 2.30. The Balaban J connectivity index is 2.38. The van der Waals surface area contributed by atoms with E-state index in [1.54, 1.807) is 37.3 Å². The number of carbonyl (C=O) groups excluding carboxylic acids is 1. The van der Waals surface area contributed by atoms with Gasteiger partial charge in [0.25, 0.3) is 0 Å². The number of halogens is 3. The van der Waals surface area contributed by atoms with Gasteiger partial charge in [-0.15, -0.1) is 0 Å². The minimum atomic E-state index is -4.42. The maximum atomic E-state index is 12.8. The molecule has 0 bridgehead atoms. The molecule has 2 aromatic rings. The molecule has 0 atom stereocenters. The van der Waals surface area contributed by atoms with Gasteiger partial charge in [-0.1, -0.05) is 36.4 Å². The van der Waals surface area contributed by atoms with E-state index in [-0.39, 0.29) is 13.2 Å². The molecule has 7 heteroatoms. The van der Waals surface area contributed by atoms with E-state index in [0.29, 0.717) is 22.4 Å². The van der Waals surface area contributed by atoms with E-state index < -0.39 is 17.7 Å². The number of ether oxygens (including phenoxy) is 2. The minimum absolute atomic E-state index is 0.0940. The molecule has 0 aromatic heterocycles. The Bertz CT molecular complexity index is 922. The van der Waals surface area contributed by atoms with E-state index in [1.807, 2.05) is 6.07 Å². The molecule has 0 radical (unpaired) electrons. The summed E-state index contributed by atoms with van der Waals surface area (Å²) >= 11 is 0. The summed E-state index contributed by atoms with van der Waals surface area (Å²) < 4.78 is 48.5. The lowest BCUT2D eigenvalue weighted by molar-refractivity contribution is -0.138. The van der Waals surface area contributed by atoms with Crippen LogP contribution in [0.3, 0.4) is 0 Å². The summed E-state index contributed by atoms with van der Waals surface area (Å²) in [6.07, 6.45) is -0.0975. The second-order valence-corrected chi connectivity index (χ2v) is 5.74. The monoisotopic (exact) mass is 401 g/mol. The maximum Gasteiger partial charge on any atom is 0.416 e. The molecular weight excluding hydrogens is 383 g/mol. The topological polar surface area (TPSA) is 59.3 Å². The van der Waals surface area contributed by atoms with Gasteiger partial charge in [-0.25, -0.2) is 4.79 Å². The molecule has 0 amide bonds. The summed E-state index contributed by atoms with van der Waals surface area (Å²) in [5, 5.41) is 8.57. The summed E-state index contributed by atoms with van der Waals surface area (Å²) in [7, 11) is 0. The first-order valence-corrected chi connectivity index (χ1v) is 8.68. The van der Waals surface area contributed by atoms with Crippen molar-refractivity contribution < 1.29 is 27.4 Å². The van der Waals surface area contributed by atoms with Crippen molar-refractivity contribution in [3.8, 4) is 11.8 Å². The SMILES string of the molecule is CCOC(=O)C=CC=C(c1ccc(OCC#N)cc1)c1ccc(C(F)(F)F)cc1. The summed E-state index contributed by atoms with van der Waals surface area (Å²) in [4.78, 5) is 11.5. The van der Waals surface area contributed by atoms with E-state index in [4.69, 9.17) is 14.7 Å². The number of hydrogen-bond acceptors (Lipinski definition) is 4. The van der Waals surface area contributed by atoms with Gasteiger partial charge in [0.1, 0.15) is 11.8 Å². The zero-order valence-corrected chi connectivity index (χ0v) is 15.6. The van der Waals surface area contributed by atoms with Crippen molar-refractivity contribution in [1.82, 2.24) is 0 Å². The Morgan fingerprint density at radius 3 is 2.17 bits per heavy atom. The number of carbonyl (C=O) groups is 1. The number of esters is 1. The third-order valence-corrected chi connectivity index (χ3v) is 3.77. The molecule has 0 fully saturated rings. The number of benzene rings is 2. The van der Waals surface area contributed by atoms with Gasteiger partial charge < -0.3 is 9.47 Å². The Labute approximate surface area is 166 Å². The van der Waals surface area contributed by atoms with Gasteiger partial charge >= 0.3 is 12.1 Å². The van der Waals surface area contributed by atoms with Crippen molar-refractivity contribution in [2.45, 2.75) is 13.1 Å². The Hall–Kier alpha value is -3.53. The first-order valence-electron chi connectivity index (χ1n) is 8.68. The van der Waals surface area contributed by atoms with Crippen molar-refractivity contribution in [2.75, 3.05) is 13.2 Å². The number of nitriles is 1. The number of allylic oxidation sites excluding steroid dienone is 2. The van der Waals surface area contributed by atoms with Crippen LogP contribution in [0.2, 0.25) is 0 Å². The fourth-order valence-electron chi connectivity index (χ4n) is 2.46. The van der Waals surface area contributed by atoms with E-state index in [2.05, 4.69) is 0 Å². The summed E-state index contributed by atoms with van der Waals surface area (Å²) in [5.41, 5.74) is 1.09. The fourth-order valence-corrected chi connectivity index (χ4v) is 2.46. The number of alkyl halides is 3. The van der Waals surface area contributed by atoms with Gasteiger partial charge in [0.2, 0.25) is 0 Å². The van der Waals surface area contributed by atoms with Crippen LogP contribution in [0, 0.1) is 11.3 Å². The second kappa shape index (κ2) is 10.1. The summed E-state index contributed by atoms with van der Waals surface area (Å²) in [6, 6.07) is 13.3. The zero-order valence-electron chi connectivity index (χ0n) is 15.6. The average molecular weight is 401 g/mol. The number of rotatable bonds is 7. The van der Waals surface area contributed by atoms with E-state index >= 15 is 0 Å². The molecule has 0 aliphatic heterocycles. The van der Waals surface area contributed by atoms with E-state index in [1.165, 1.54) is 24.3 Å². The van der Waals surface area contributed by atoms with Gasteiger partial charge in [0, 0.05) is 6.08 Å². The van der Waals surface area contributed by atoms with Gasteiger partial charge in [-0.2, -0.15) is 18.4 Å². The minimum Gasteiger partial charge on any atom is -0.479 e. The quantitative estimate of drug-likeness (QED) is 0.365. The predicted octanol–water partition coefficient (Wildman–Crippen LogP) is 5.16. The van der Waals surface area contributed by atoms with E-state index in [0.717, 1.165) is 12.1 Å². The average Bonchev–Trinajstić information content (AvgIpc) is 2.70. The van der Waals surface area contributed by atoms with Crippen LogP contribution in [-0.4, -0.2) is 19.2 Å². The molecule has 0 saturated carbocycles. The molecule has 0 saturated heterocycles. The second-order valence-electron chi connectivity index (χ2n) is 5.74. The van der Waals surface area contributed by atoms with Crippen LogP contribution in [0.1, 0.15) is 23.6 Å². The molecule has 0 unspecified atom stereocenters. The zero-order chi connectivity index (χ0) is 21.3. The highest BCUT2D eigenvalue weighted by atomic mass is 19.4. The smallest absolute Gasteiger partial charge is 0.416 e. The van der Waals surface area contributed by atoms with Crippen LogP contribution in [0.25, 0.3) is 5.57 Å². The lowest BCUT2D eigenvalue weighted by atomic mass is 9.96. The third-order valence-electron chi connectivity index (χ3n) is 3.77. The maximum absolute atomic E-state index is 12.8. The Morgan fingerprint density at radius 2 is 1.66 bits per heavy atom. The lowest BCUT2D eigenvalue weighted by Gasteiger charge is -2.11. The van der Waals surface area contributed by atoms with Crippen molar-refractivity contribution in [3.63, 3.8) is 0 Å². The highest BCUT2D eigenvalue weighted by molar-refractivity contribution is 5.85. The predicted molar refractivity (Wildman–Crippen MR) is 102 cm³/mol. The van der Waals surface area contributed by atoms with Gasteiger partial charge in [0.05, 0.1) is 12.2 Å². The number of hydrogen-bond donors (Lipinski definition) is 0. The molecule has 0 aliphatic carbocycles. The molecule has 29 heavy (non-hydrogen) atoms. The normalized spacial score (nSPS) is 11.9. The van der Waals surface area contributed by atoms with Crippen LogP contribution in [-0.2, 0) is 15.7 Å². The molecule has 150 valence electrons. The van der Waals surface area contributed by atoms with Crippen LogP contribution < -0.4 is 4.74 Å². The molecule has 0 aliphatic rings. The van der Waals surface area contributed by atoms with Crippen molar-refractivity contribution >= 4 is 11.5 Å². The highest BCUT2D eigenvalue weighted by Crippen LogP contribution is 2.32. The molecule has 0 N–H and O–H groups in total. The van der Waals surface area contributed by atoms with Crippen LogP contribution >= 0.6 is 0 Å². The fraction of sp³-hybridized carbons (Fsp3) is 0.182. The molecule has 0 heterocycles. The van der Waals surface area contributed by atoms with Crippen LogP contribution in [0.4, 0.5) is 13.2 Å². The van der Waals surface area contributed by atoms with Crippen molar-refractivity contribution in [1.29, 1.82) is 5.26 Å². The van der Waals surface area contributed by atoms with Crippen molar-refractivity contribution in [2.24, 2.45) is 0 Å². The Kier molecular flexibility index (Phi) is 7.61. The molecule has 2 rings (SSSR count). The first kappa shape index (κ1) is 21.8. The van der Waals surface area contributed by atoms with Crippen LogP contribution in [0.15, 0.2) is 66.8 Å². The van der Waals surface area contributed by atoms with Crippen molar-refractivity contribution in [3.05, 3.63) is 83.4 Å². The third kappa shape index (κ3) is 6.54. The van der Waals surface area contributed by atoms with Crippen LogP contribution in [0.5, 0.6) is 5.75 Å². The molecule has 0 spiro atoms. The lowest BCUT2D eigenvalue weighted by Crippen LogP contribution is -2.04.